The van der Waals surface area contributed by atoms with Crippen molar-refractivity contribution in [2.75, 3.05) is 13.2 Å². The molecule has 18 heavy (non-hydrogen) atoms. The van der Waals surface area contributed by atoms with Crippen LogP contribution in [0.2, 0.25) is 0 Å². The quantitative estimate of drug-likeness (QED) is 0.275. The van der Waals surface area contributed by atoms with Crippen molar-refractivity contribution in [1.82, 2.24) is 11.0 Å². The van der Waals surface area contributed by atoms with Crippen LogP contribution >= 0.6 is 0 Å². The van der Waals surface area contributed by atoms with E-state index in [-0.39, 0.29) is 31.2 Å². The van der Waals surface area contributed by atoms with Crippen molar-refractivity contribution >= 4 is 0 Å². The average molecular weight is 268 g/mol. The maximum atomic E-state index is 8.52. The molecule has 0 saturated carbocycles. The van der Waals surface area contributed by atoms with Crippen LogP contribution in [0.25, 0.3) is 0 Å². The average Bonchev–Trinajstić information content (AvgIpc) is 2.40. The van der Waals surface area contributed by atoms with E-state index in [0.29, 0.717) is 0 Å². The van der Waals surface area contributed by atoms with E-state index in [1.807, 2.05) is 19.3 Å². The molecule has 0 aliphatic rings. The van der Waals surface area contributed by atoms with Crippen molar-refractivity contribution in [3.05, 3.63) is 12.8 Å². The van der Waals surface area contributed by atoms with Crippen molar-refractivity contribution in [2.45, 2.75) is 39.3 Å². The van der Waals surface area contributed by atoms with Gasteiger partial charge in [0.15, 0.2) is 0 Å². The monoisotopic (exact) mass is 268 g/mol. The van der Waals surface area contributed by atoms with Gasteiger partial charge in [0, 0.05) is 31.2 Å². The van der Waals surface area contributed by atoms with Crippen LogP contribution in [0.4, 0.5) is 0 Å². The number of hydroxylamine groups is 2. The van der Waals surface area contributed by atoms with Crippen molar-refractivity contribution in [1.29, 1.82) is 0 Å². The molecular formula is C11H28N2O5. The van der Waals surface area contributed by atoms with Crippen molar-refractivity contribution in [3.63, 3.8) is 0 Å². The van der Waals surface area contributed by atoms with E-state index in [2.05, 4.69) is 12.1 Å². The van der Waals surface area contributed by atoms with Crippen molar-refractivity contribution in [2.24, 2.45) is 5.92 Å². The van der Waals surface area contributed by atoms with Crippen LogP contribution in [0.5, 0.6) is 0 Å². The van der Waals surface area contributed by atoms with Gasteiger partial charge < -0.3 is 25.7 Å². The molecule has 0 fully saturated rings. The van der Waals surface area contributed by atoms with Gasteiger partial charge in [0.1, 0.15) is 0 Å². The van der Waals surface area contributed by atoms with E-state index < -0.39 is 0 Å². The summed E-state index contributed by atoms with van der Waals surface area (Å²) in [7, 11) is 0. The number of rotatable bonds is 6. The second kappa shape index (κ2) is 18.7. The molecule has 0 spiro atoms. The van der Waals surface area contributed by atoms with Crippen LogP contribution in [0.15, 0.2) is 12.8 Å². The Balaban J connectivity index is -0.000000216. The van der Waals surface area contributed by atoms with E-state index in [1.54, 1.807) is 6.92 Å². The summed E-state index contributed by atoms with van der Waals surface area (Å²) >= 11 is 0. The lowest BCUT2D eigenvalue weighted by Gasteiger charge is -2.16. The number of hydrogen-bond donors (Lipinski definition) is 7. The third-order valence-electron chi connectivity index (χ3n) is 2.21. The molecule has 0 bridgehead atoms. The Morgan fingerprint density at radius 2 is 1.50 bits per heavy atom. The fourth-order valence-electron chi connectivity index (χ4n) is 0.571. The molecule has 7 nitrogen and oxygen atoms in total. The SMILES string of the molecule is C=CO.CC(NO)C(CO)CO.CCC(C)NO. The number of hydrogen-bond acceptors (Lipinski definition) is 7. The molecule has 2 atom stereocenters. The molecule has 0 aliphatic carbocycles. The number of aliphatic hydroxyl groups is 3. The second-order valence-corrected chi connectivity index (χ2v) is 3.66. The molecule has 0 saturated heterocycles. The first kappa shape index (κ1) is 22.5. The fourth-order valence-corrected chi connectivity index (χ4v) is 0.571. The minimum absolute atomic E-state index is 0.120. The van der Waals surface area contributed by atoms with E-state index in [0.717, 1.165) is 12.7 Å². The van der Waals surface area contributed by atoms with Gasteiger partial charge in [-0.25, -0.2) is 11.0 Å². The summed E-state index contributed by atoms with van der Waals surface area (Å²) < 4.78 is 0. The lowest BCUT2D eigenvalue weighted by Crippen LogP contribution is -2.35. The molecule has 7 N–H and O–H groups in total. The predicted octanol–water partition coefficient (Wildman–Crippen LogP) is 0.406. The van der Waals surface area contributed by atoms with Gasteiger partial charge in [0.25, 0.3) is 0 Å². The zero-order chi connectivity index (χ0) is 15.0. The topological polar surface area (TPSA) is 125 Å². The summed E-state index contributed by atoms with van der Waals surface area (Å²) in [6.07, 6.45) is 1.72. The third-order valence-corrected chi connectivity index (χ3v) is 2.21. The molecule has 0 aliphatic heterocycles. The molecule has 0 aromatic rings. The molecule has 0 amide bonds. The third kappa shape index (κ3) is 17.7. The van der Waals surface area contributed by atoms with E-state index in [9.17, 15) is 0 Å². The fraction of sp³-hybridized carbons (Fsp3) is 0.818. The Hall–Kier alpha value is -0.700. The van der Waals surface area contributed by atoms with Gasteiger partial charge in [0.05, 0.1) is 6.26 Å². The van der Waals surface area contributed by atoms with Gasteiger partial charge in [0.2, 0.25) is 0 Å². The summed E-state index contributed by atoms with van der Waals surface area (Å²) in [5.74, 6) is -0.282. The highest BCUT2D eigenvalue weighted by molar-refractivity contribution is 4.65. The Kier molecular flexibility index (Phi) is 23.3. The smallest absolute Gasteiger partial charge is 0.0719 e. The van der Waals surface area contributed by atoms with Gasteiger partial charge in [-0.15, -0.1) is 0 Å². The lowest BCUT2D eigenvalue weighted by atomic mass is 10.1. The first-order valence-electron chi connectivity index (χ1n) is 5.74. The van der Waals surface area contributed by atoms with E-state index in [1.165, 1.54) is 0 Å². The zero-order valence-electron chi connectivity index (χ0n) is 11.4. The second-order valence-electron chi connectivity index (χ2n) is 3.66. The minimum Gasteiger partial charge on any atom is -0.516 e. The molecule has 0 radical (unpaired) electrons. The number of nitrogens with one attached hydrogen (secondary N) is 2. The Labute approximate surface area is 109 Å². The van der Waals surface area contributed by atoms with Crippen LogP contribution < -0.4 is 11.0 Å². The Bertz CT molecular complexity index is 152. The first-order valence-corrected chi connectivity index (χ1v) is 5.74. The Morgan fingerprint density at radius 3 is 1.56 bits per heavy atom. The maximum Gasteiger partial charge on any atom is 0.0719 e. The largest absolute Gasteiger partial charge is 0.516 e. The summed E-state index contributed by atoms with van der Waals surface area (Å²) in [5, 5.41) is 40.7. The summed E-state index contributed by atoms with van der Waals surface area (Å²) in [4.78, 5) is 0. The predicted molar refractivity (Wildman–Crippen MR) is 69.5 cm³/mol. The van der Waals surface area contributed by atoms with Crippen LogP contribution in [0.1, 0.15) is 27.2 Å². The van der Waals surface area contributed by atoms with Crippen LogP contribution in [0, 0.1) is 5.92 Å². The van der Waals surface area contributed by atoms with Gasteiger partial charge >= 0.3 is 0 Å². The summed E-state index contributed by atoms with van der Waals surface area (Å²) in [5.41, 5.74) is 4.06. The molecular weight excluding hydrogens is 240 g/mol. The van der Waals surface area contributed by atoms with Gasteiger partial charge in [-0.2, -0.15) is 0 Å². The molecule has 0 aromatic carbocycles. The molecule has 0 rings (SSSR count). The van der Waals surface area contributed by atoms with Gasteiger partial charge in [-0.1, -0.05) is 13.5 Å². The molecule has 112 valence electrons. The Morgan fingerprint density at radius 1 is 1.11 bits per heavy atom. The van der Waals surface area contributed by atoms with E-state index in [4.69, 9.17) is 25.7 Å². The minimum atomic E-state index is -0.282. The number of aliphatic hydroxyl groups excluding tert-OH is 3. The zero-order valence-corrected chi connectivity index (χ0v) is 11.4. The molecule has 0 heterocycles. The molecule has 0 aromatic heterocycles. The van der Waals surface area contributed by atoms with Crippen LogP contribution in [-0.2, 0) is 0 Å². The highest BCUT2D eigenvalue weighted by Crippen LogP contribution is 1.99. The highest BCUT2D eigenvalue weighted by atomic mass is 16.5. The van der Waals surface area contributed by atoms with Crippen LogP contribution in [0.3, 0.4) is 0 Å². The highest BCUT2D eigenvalue weighted by Gasteiger charge is 2.13. The molecule has 7 heteroatoms. The van der Waals surface area contributed by atoms with Crippen molar-refractivity contribution < 1.29 is 25.7 Å². The maximum absolute atomic E-state index is 8.52. The lowest BCUT2D eigenvalue weighted by molar-refractivity contribution is 0.0543. The normalized spacial score (nSPS) is 12.7. The van der Waals surface area contributed by atoms with Crippen molar-refractivity contribution in [3.8, 4) is 0 Å². The molecule has 2 unspecified atom stereocenters. The standard InChI is InChI=1S/C5H13NO3.C4H11NO.C2H4O/c1-4(6-9)5(2-7)3-8;1-3-4(2)5-6;1-2-3/h4-9H,2-3H2,1H3;4-6H,3H2,1-2H3;2-3H,1H2. The summed E-state index contributed by atoms with van der Waals surface area (Å²) in [6.45, 7) is 8.28. The summed E-state index contributed by atoms with van der Waals surface area (Å²) in [6, 6.07) is -0.0231. The van der Waals surface area contributed by atoms with Gasteiger partial charge in [-0.05, 0) is 20.3 Å². The van der Waals surface area contributed by atoms with Crippen LogP contribution in [-0.4, -0.2) is 51.0 Å². The van der Waals surface area contributed by atoms with Gasteiger partial charge in [-0.3, -0.25) is 0 Å². The van der Waals surface area contributed by atoms with E-state index >= 15 is 0 Å². The first-order chi connectivity index (χ1) is 8.48.